The van der Waals surface area contributed by atoms with Gasteiger partial charge in [-0.05, 0) is 31.9 Å². The summed E-state index contributed by atoms with van der Waals surface area (Å²) in [5.74, 6) is 0.352. The summed E-state index contributed by atoms with van der Waals surface area (Å²) in [4.78, 5) is 18.8. The standard InChI is InChI=1S/C13H17N3OS/c1-9-8-11(2-5-15-9)13(17)16-6-3-10(4-7-16)12(14)18/h2,5,8,10H,3-4,6-7H2,1H3,(H2,14,18). The number of aromatic nitrogens is 1. The summed E-state index contributed by atoms with van der Waals surface area (Å²) in [5.41, 5.74) is 7.20. The van der Waals surface area contributed by atoms with E-state index in [-0.39, 0.29) is 11.8 Å². The molecule has 1 aliphatic heterocycles. The van der Waals surface area contributed by atoms with E-state index in [2.05, 4.69) is 4.98 Å². The lowest BCUT2D eigenvalue weighted by Gasteiger charge is -2.31. The van der Waals surface area contributed by atoms with E-state index < -0.39 is 0 Å². The van der Waals surface area contributed by atoms with E-state index in [0.29, 0.717) is 10.6 Å². The monoisotopic (exact) mass is 263 g/mol. The van der Waals surface area contributed by atoms with Gasteiger partial charge in [0.2, 0.25) is 0 Å². The van der Waals surface area contributed by atoms with Gasteiger partial charge in [-0.3, -0.25) is 9.78 Å². The predicted octanol–water partition coefficient (Wildman–Crippen LogP) is 1.53. The van der Waals surface area contributed by atoms with E-state index in [4.69, 9.17) is 18.0 Å². The Morgan fingerprint density at radius 1 is 1.50 bits per heavy atom. The van der Waals surface area contributed by atoms with E-state index in [1.807, 2.05) is 17.9 Å². The molecular formula is C13H17N3OS. The van der Waals surface area contributed by atoms with Crippen molar-refractivity contribution in [2.24, 2.45) is 11.7 Å². The molecule has 4 nitrogen and oxygen atoms in total. The first-order valence-electron chi connectivity index (χ1n) is 6.09. The van der Waals surface area contributed by atoms with Gasteiger partial charge in [0.1, 0.15) is 0 Å². The molecule has 0 aliphatic carbocycles. The van der Waals surface area contributed by atoms with Gasteiger partial charge in [0, 0.05) is 36.5 Å². The molecular weight excluding hydrogens is 246 g/mol. The van der Waals surface area contributed by atoms with Crippen LogP contribution in [0.4, 0.5) is 0 Å². The van der Waals surface area contributed by atoms with Crippen molar-refractivity contribution in [1.82, 2.24) is 9.88 Å². The van der Waals surface area contributed by atoms with Crippen molar-refractivity contribution < 1.29 is 4.79 Å². The van der Waals surface area contributed by atoms with Crippen LogP contribution in [0.15, 0.2) is 18.3 Å². The Bertz CT molecular complexity index is 467. The summed E-state index contributed by atoms with van der Waals surface area (Å²) in [6, 6.07) is 3.58. The number of carbonyl (C=O) groups is 1. The van der Waals surface area contributed by atoms with Gasteiger partial charge in [0.25, 0.3) is 5.91 Å². The summed E-state index contributed by atoms with van der Waals surface area (Å²) >= 11 is 5.00. The molecule has 0 radical (unpaired) electrons. The minimum atomic E-state index is 0.0712. The second kappa shape index (κ2) is 5.44. The van der Waals surface area contributed by atoms with Crippen LogP contribution in [-0.2, 0) is 0 Å². The molecule has 2 rings (SSSR count). The lowest BCUT2D eigenvalue weighted by molar-refractivity contribution is 0.0710. The Morgan fingerprint density at radius 3 is 2.72 bits per heavy atom. The van der Waals surface area contributed by atoms with Crippen LogP contribution in [0.5, 0.6) is 0 Å². The van der Waals surface area contributed by atoms with Gasteiger partial charge in [-0.2, -0.15) is 0 Å². The molecule has 0 saturated carbocycles. The first-order valence-corrected chi connectivity index (χ1v) is 6.50. The fourth-order valence-corrected chi connectivity index (χ4v) is 2.46. The third-order valence-corrected chi connectivity index (χ3v) is 3.66. The summed E-state index contributed by atoms with van der Waals surface area (Å²) in [6.45, 7) is 3.33. The van der Waals surface area contributed by atoms with Gasteiger partial charge in [0.15, 0.2) is 0 Å². The second-order valence-corrected chi connectivity index (χ2v) is 5.13. The maximum Gasteiger partial charge on any atom is 0.253 e. The van der Waals surface area contributed by atoms with Crippen molar-refractivity contribution in [3.05, 3.63) is 29.6 Å². The number of nitrogens with zero attached hydrogens (tertiary/aromatic N) is 2. The zero-order valence-electron chi connectivity index (χ0n) is 10.4. The number of amides is 1. The maximum atomic E-state index is 12.3. The molecule has 1 aliphatic rings. The SMILES string of the molecule is Cc1cc(C(=O)N2CCC(C(N)=S)CC2)ccn1. The molecule has 1 amide bonds. The fraction of sp³-hybridized carbons (Fsp3) is 0.462. The summed E-state index contributed by atoms with van der Waals surface area (Å²) in [6.07, 6.45) is 3.40. The van der Waals surface area contributed by atoms with E-state index in [9.17, 15) is 4.79 Å². The fourth-order valence-electron chi connectivity index (χ4n) is 2.23. The number of thiocarbonyl (C=S) groups is 1. The highest BCUT2D eigenvalue weighted by Gasteiger charge is 2.24. The van der Waals surface area contributed by atoms with E-state index in [1.54, 1.807) is 12.3 Å². The third-order valence-electron chi connectivity index (χ3n) is 3.33. The molecule has 2 heterocycles. The van der Waals surface area contributed by atoms with Crippen molar-refractivity contribution in [1.29, 1.82) is 0 Å². The normalized spacial score (nSPS) is 16.6. The molecule has 5 heteroatoms. The van der Waals surface area contributed by atoms with Crippen LogP contribution in [0.3, 0.4) is 0 Å². The molecule has 1 aromatic rings. The zero-order chi connectivity index (χ0) is 13.1. The first-order chi connectivity index (χ1) is 8.58. The van der Waals surface area contributed by atoms with Crippen molar-refractivity contribution in [2.45, 2.75) is 19.8 Å². The van der Waals surface area contributed by atoms with Gasteiger partial charge in [-0.15, -0.1) is 0 Å². The topological polar surface area (TPSA) is 59.2 Å². The minimum Gasteiger partial charge on any atom is -0.393 e. The average Bonchev–Trinajstić information content (AvgIpc) is 2.38. The van der Waals surface area contributed by atoms with Crippen LogP contribution in [0.25, 0.3) is 0 Å². The van der Waals surface area contributed by atoms with Gasteiger partial charge in [-0.25, -0.2) is 0 Å². The van der Waals surface area contributed by atoms with E-state index in [0.717, 1.165) is 31.6 Å². The lowest BCUT2D eigenvalue weighted by atomic mass is 9.96. The van der Waals surface area contributed by atoms with Crippen LogP contribution in [0, 0.1) is 12.8 Å². The maximum absolute atomic E-state index is 12.3. The molecule has 0 atom stereocenters. The zero-order valence-corrected chi connectivity index (χ0v) is 11.2. The van der Waals surface area contributed by atoms with Gasteiger partial charge in [-0.1, -0.05) is 12.2 Å². The number of pyridine rings is 1. The first kappa shape index (κ1) is 13.0. The molecule has 18 heavy (non-hydrogen) atoms. The number of likely N-dealkylation sites (tertiary alicyclic amines) is 1. The molecule has 0 unspecified atom stereocenters. The Morgan fingerprint density at radius 2 is 2.17 bits per heavy atom. The summed E-state index contributed by atoms with van der Waals surface area (Å²) in [7, 11) is 0. The molecule has 0 spiro atoms. The Kier molecular flexibility index (Phi) is 3.91. The highest BCUT2D eigenvalue weighted by molar-refractivity contribution is 7.80. The minimum absolute atomic E-state index is 0.0712. The number of piperidine rings is 1. The second-order valence-electron chi connectivity index (χ2n) is 4.65. The molecule has 96 valence electrons. The lowest BCUT2D eigenvalue weighted by Crippen LogP contribution is -2.41. The Balaban J connectivity index is 2.02. The predicted molar refractivity (Wildman–Crippen MR) is 74.4 cm³/mol. The van der Waals surface area contributed by atoms with Crippen molar-refractivity contribution in [3.63, 3.8) is 0 Å². The summed E-state index contributed by atoms with van der Waals surface area (Å²) in [5, 5.41) is 0. The van der Waals surface area contributed by atoms with E-state index >= 15 is 0 Å². The van der Waals surface area contributed by atoms with Crippen LogP contribution in [-0.4, -0.2) is 33.9 Å². The smallest absolute Gasteiger partial charge is 0.253 e. The van der Waals surface area contributed by atoms with Gasteiger partial charge in [0.05, 0.1) is 4.99 Å². The Hall–Kier alpha value is -1.49. The highest BCUT2D eigenvalue weighted by Crippen LogP contribution is 2.19. The van der Waals surface area contributed by atoms with Gasteiger partial charge < -0.3 is 10.6 Å². The van der Waals surface area contributed by atoms with Crippen LogP contribution >= 0.6 is 12.2 Å². The van der Waals surface area contributed by atoms with Crippen LogP contribution in [0.2, 0.25) is 0 Å². The number of rotatable bonds is 2. The van der Waals surface area contributed by atoms with Crippen molar-refractivity contribution >= 4 is 23.1 Å². The average molecular weight is 263 g/mol. The highest BCUT2D eigenvalue weighted by atomic mass is 32.1. The molecule has 1 fully saturated rings. The third kappa shape index (κ3) is 2.85. The van der Waals surface area contributed by atoms with Crippen molar-refractivity contribution in [3.8, 4) is 0 Å². The summed E-state index contributed by atoms with van der Waals surface area (Å²) < 4.78 is 0. The molecule has 1 saturated heterocycles. The Labute approximate surface area is 112 Å². The van der Waals surface area contributed by atoms with E-state index in [1.165, 1.54) is 0 Å². The molecule has 0 aromatic carbocycles. The quantitative estimate of drug-likeness (QED) is 0.822. The van der Waals surface area contributed by atoms with Gasteiger partial charge >= 0.3 is 0 Å². The number of carbonyl (C=O) groups excluding carboxylic acids is 1. The van der Waals surface area contributed by atoms with Crippen LogP contribution in [0.1, 0.15) is 28.9 Å². The van der Waals surface area contributed by atoms with Crippen LogP contribution < -0.4 is 5.73 Å². The molecule has 2 N–H and O–H groups in total. The number of nitrogens with two attached hydrogens (primary N) is 1. The number of aryl methyl sites for hydroxylation is 1. The largest absolute Gasteiger partial charge is 0.393 e. The molecule has 0 bridgehead atoms. The number of hydrogen-bond donors (Lipinski definition) is 1. The molecule has 1 aromatic heterocycles. The number of hydrogen-bond acceptors (Lipinski definition) is 3. The van der Waals surface area contributed by atoms with Crippen molar-refractivity contribution in [2.75, 3.05) is 13.1 Å².